The maximum atomic E-state index is 9.60. The number of nitrogens with two attached hydrogens (primary N) is 6. The van der Waals surface area contributed by atoms with Crippen LogP contribution in [0, 0.1) is 55.4 Å². The summed E-state index contributed by atoms with van der Waals surface area (Å²) < 4.78 is 5.65. The molecule has 0 aliphatic carbocycles. The molecule has 130 heavy (non-hydrogen) atoms. The minimum atomic E-state index is 0.0132. The molecule has 0 amide bonds. The van der Waals surface area contributed by atoms with Crippen molar-refractivity contribution in [3.63, 3.8) is 0 Å². The summed E-state index contributed by atoms with van der Waals surface area (Å²) in [6.07, 6.45) is 17.5. The highest BCUT2D eigenvalue weighted by Gasteiger charge is 2.25. The van der Waals surface area contributed by atoms with E-state index >= 15 is 0 Å². The summed E-state index contributed by atoms with van der Waals surface area (Å²) in [6, 6.07) is 29.2. The van der Waals surface area contributed by atoms with Gasteiger partial charge in [-0.3, -0.25) is 4.57 Å². The summed E-state index contributed by atoms with van der Waals surface area (Å²) in [7, 11) is 3.82. The molecule has 0 bridgehead atoms. The summed E-state index contributed by atoms with van der Waals surface area (Å²) >= 11 is 35.8. The molecule has 18 aromatic rings. The van der Waals surface area contributed by atoms with Crippen LogP contribution in [-0.4, -0.2) is 149 Å². The normalized spacial score (nSPS) is 10.8. The van der Waals surface area contributed by atoms with Crippen molar-refractivity contribution >= 4 is 105 Å². The predicted octanol–water partition coefficient (Wildman–Crippen LogP) is 17.1. The van der Waals surface area contributed by atoms with Gasteiger partial charge in [-0.1, -0.05) is 69.6 Å². The molecule has 12 aromatic heterocycles. The number of hydrogen-bond donors (Lipinski definition) is 15. The van der Waals surface area contributed by atoms with E-state index in [0.717, 1.165) is 67.9 Å². The van der Waals surface area contributed by atoms with E-state index in [0.29, 0.717) is 144 Å². The lowest BCUT2D eigenvalue weighted by atomic mass is 10.1. The first-order valence-electron chi connectivity index (χ1n) is 38.7. The first-order chi connectivity index (χ1) is 61.9. The summed E-state index contributed by atoms with van der Waals surface area (Å²) in [5, 5.41) is 58.8. The second-order valence-corrected chi connectivity index (χ2v) is 31.3. The maximum absolute atomic E-state index is 9.60. The fraction of sp³-hybridized carbons (Fsp3) is 0.114. The molecule has 0 saturated carbocycles. The Bertz CT molecular complexity index is 7100. The quantitative estimate of drug-likeness (QED) is 0.0540. The third-order valence-corrected chi connectivity index (χ3v) is 21.4. The van der Waals surface area contributed by atoms with E-state index in [1.54, 1.807) is 108 Å². The van der Waals surface area contributed by atoms with Crippen molar-refractivity contribution in [3.8, 4) is 165 Å². The fourth-order valence-corrected chi connectivity index (χ4v) is 13.6. The Kier molecular flexibility index (Phi) is 28.0. The van der Waals surface area contributed by atoms with Gasteiger partial charge in [0.25, 0.3) is 0 Å². The van der Waals surface area contributed by atoms with E-state index in [1.807, 2.05) is 78.6 Å². The van der Waals surface area contributed by atoms with E-state index in [1.165, 1.54) is 73.6 Å². The van der Waals surface area contributed by atoms with Crippen molar-refractivity contribution in [3.05, 3.63) is 253 Å². The van der Waals surface area contributed by atoms with E-state index in [-0.39, 0.29) is 64.6 Å². The number of phenols is 6. The highest BCUT2D eigenvalue weighted by atomic mass is 35.5. The van der Waals surface area contributed by atoms with Gasteiger partial charge < -0.3 is 89.1 Å². The number of aromatic amines is 3. The van der Waals surface area contributed by atoms with Gasteiger partial charge >= 0.3 is 0 Å². The smallest absolute Gasteiger partial charge is 0.167 e. The number of nitrogens with one attached hydrogen (secondary N) is 3. The molecule has 18 rings (SSSR count). The van der Waals surface area contributed by atoms with Crippen LogP contribution in [0.5, 0.6) is 34.5 Å². The fourth-order valence-electron chi connectivity index (χ4n) is 12.5. The van der Waals surface area contributed by atoms with Crippen LogP contribution in [0.2, 0.25) is 30.1 Å². The van der Waals surface area contributed by atoms with Crippen LogP contribution >= 0.6 is 69.6 Å². The van der Waals surface area contributed by atoms with Gasteiger partial charge in [0, 0.05) is 107 Å². The van der Waals surface area contributed by atoms with Gasteiger partial charge in [-0.25, -0.2) is 89.7 Å². The molecule has 0 aliphatic rings. The molecule has 0 saturated heterocycles. The number of nitrogens with zero attached hydrogens (tertiary/aromatic N) is 21. The first kappa shape index (κ1) is 92.1. The minimum Gasteiger partial charge on any atom is -0.506 e. The van der Waals surface area contributed by atoms with Crippen LogP contribution < -0.4 is 34.4 Å². The first-order valence-corrected chi connectivity index (χ1v) is 41.0. The summed E-state index contributed by atoms with van der Waals surface area (Å²) in [5.74, 6) is 6.34. The Hall–Kier alpha value is -15.6. The zero-order valence-electron chi connectivity index (χ0n) is 70.5. The van der Waals surface area contributed by atoms with Crippen molar-refractivity contribution in [1.29, 1.82) is 0 Å². The van der Waals surface area contributed by atoms with Gasteiger partial charge in [-0.15, -0.1) is 0 Å². The molecule has 21 N–H and O–H groups in total. The lowest BCUT2D eigenvalue weighted by molar-refractivity contribution is 0.475. The van der Waals surface area contributed by atoms with Crippen LogP contribution in [0.3, 0.4) is 0 Å². The summed E-state index contributed by atoms with van der Waals surface area (Å²) in [6.45, 7) is 15.4. The summed E-state index contributed by atoms with van der Waals surface area (Å²) in [5.41, 5.74) is 51.8. The van der Waals surface area contributed by atoms with Gasteiger partial charge in [0.2, 0.25) is 0 Å². The van der Waals surface area contributed by atoms with E-state index in [4.69, 9.17) is 104 Å². The van der Waals surface area contributed by atoms with Crippen LogP contribution in [0.15, 0.2) is 177 Å². The maximum Gasteiger partial charge on any atom is 0.167 e. The van der Waals surface area contributed by atoms with Crippen molar-refractivity contribution in [2.75, 3.05) is 34.4 Å². The molecular weight excluding hydrogens is 1790 g/mol. The molecule has 0 aliphatic heterocycles. The number of aromatic nitrogens is 24. The number of rotatable bonds is 12. The second kappa shape index (κ2) is 39.5. The predicted molar refractivity (Wildman–Crippen MR) is 503 cm³/mol. The number of nitrogen functional groups attached to an aromatic ring is 6. The average Bonchev–Trinajstić information content (AvgIpc) is 1.57. The highest BCUT2D eigenvalue weighted by Crippen LogP contribution is 2.41. The molecule has 660 valence electrons. The van der Waals surface area contributed by atoms with Gasteiger partial charge in [0.1, 0.15) is 109 Å². The topological polar surface area (TPSA) is 572 Å². The molecule has 6 aromatic carbocycles. The average molecular weight is 1870 g/mol. The number of H-pyrrole nitrogens is 3. The third kappa shape index (κ3) is 21.1. The number of imidazole rings is 6. The molecule has 0 unspecified atom stereocenters. The summed E-state index contributed by atoms with van der Waals surface area (Å²) in [4.78, 5) is 87.6. The van der Waals surface area contributed by atoms with E-state index in [2.05, 4.69) is 105 Å². The molecule has 0 spiro atoms. The zero-order chi connectivity index (χ0) is 93.4. The second-order valence-electron chi connectivity index (χ2n) is 28.8. The van der Waals surface area contributed by atoms with E-state index < -0.39 is 0 Å². The largest absolute Gasteiger partial charge is 0.506 e. The van der Waals surface area contributed by atoms with Crippen LogP contribution in [0.4, 0.5) is 34.9 Å². The van der Waals surface area contributed by atoms with E-state index in [9.17, 15) is 30.6 Å². The zero-order valence-corrected chi connectivity index (χ0v) is 75.1. The molecule has 0 radical (unpaired) electrons. The van der Waals surface area contributed by atoms with Crippen molar-refractivity contribution in [1.82, 2.24) is 118 Å². The molecule has 36 nitrogen and oxygen atoms in total. The van der Waals surface area contributed by atoms with Crippen LogP contribution in [0.25, 0.3) is 131 Å². The van der Waals surface area contributed by atoms with Crippen LogP contribution in [-0.2, 0) is 14.1 Å². The number of halogens is 6. The van der Waals surface area contributed by atoms with Crippen molar-refractivity contribution in [2.45, 2.75) is 55.4 Å². The molecule has 12 heterocycles. The van der Waals surface area contributed by atoms with Crippen molar-refractivity contribution < 1.29 is 30.6 Å². The molecular formula is C88H80Cl6N30O6. The molecule has 0 fully saturated rings. The number of anilines is 6. The number of aryl methyl sites for hydroxylation is 7. The number of hydrogen-bond acceptors (Lipinski definition) is 30. The highest BCUT2D eigenvalue weighted by molar-refractivity contribution is 6.34. The monoisotopic (exact) mass is 1860 g/mol. The number of benzene rings is 6. The minimum absolute atomic E-state index is 0.0132. The lowest BCUT2D eigenvalue weighted by Crippen LogP contribution is -2.05. The molecule has 42 heteroatoms. The number of phenolic OH excluding ortho intramolecular Hbond substituents is 6. The Morgan fingerprint density at radius 2 is 0.608 bits per heavy atom. The van der Waals surface area contributed by atoms with Gasteiger partial charge in [0.15, 0.2) is 34.9 Å². The van der Waals surface area contributed by atoms with Gasteiger partial charge in [-0.05, 0) is 165 Å². The SMILES string of the molecule is Cc1cnc(-c2nc(N)cnc2-c2ccc(O)c(Cl)c2)[nH]1.Cc1cnc(-c2nc(N)cnc2-c2ccc(O)c(Cl)c2)[nH]1.Cc1cnc(-c2nc(N)cnc2-c2ccc(O)c(Cl)c2)n1C.Cc1nc(-c2nc(N)cnc2-c2ccc(O)c(Cl)c2)[nH]c1C.Cc1nc(-c2nc(N)cnc2-c2ccc(O)c(Cl)c2)n(C)c1C.Cc1nccn1-c1nc(N)cnc1-c1ccc(O)c(Cl)c1. The van der Waals surface area contributed by atoms with Gasteiger partial charge in [0.05, 0.1) is 107 Å². The number of aromatic hydroxyl groups is 6. The van der Waals surface area contributed by atoms with Crippen molar-refractivity contribution in [2.24, 2.45) is 14.1 Å². The third-order valence-electron chi connectivity index (χ3n) is 19.6. The Morgan fingerprint density at radius 1 is 0.292 bits per heavy atom. The Balaban J connectivity index is 0.000000133. The standard InChI is InChI=1S/C16H16ClN5O.2C15H14ClN5O.3C14H12ClN5O/c1-8-9(2)22(3)16(20-8)15-14(19-7-13(18)21-15)10-4-5-12(23)11(17)6-10;1-8-6-19-15(21(8)2)14-13(18-7-12(17)20-14)9-3-4-11(22)10(16)5-9;1-7-8(2)20-15(19-7)14-13(18-6-12(17)21-14)9-3-4-11(22)10(16)5-9;2*1-7-5-18-14(19-7)13-12(17-6-11(16)20-13)8-2-3-10(21)9(15)4-8;1-8-17-4-5-20(8)14-13(18-7-12(16)19-14)9-2-3-11(21)10(15)6-9/h4-7,23H,1-3H3,(H2,18,21);3-7,22H,1-2H3,(H2,17,20);3-6,22H,1-2H3,(H2,17,21)(H,19,20);2*2-6,21H,1H3,(H2,16,20)(H,18,19);2-7,21H,1H3,(H2,16,19). The van der Waals surface area contributed by atoms with Crippen LogP contribution in [0.1, 0.15) is 45.7 Å². The Labute approximate surface area is 771 Å². The Morgan fingerprint density at radius 3 is 0.892 bits per heavy atom. The lowest BCUT2D eigenvalue weighted by Gasteiger charge is -2.11. The molecule has 0 atom stereocenters. The van der Waals surface area contributed by atoms with Gasteiger partial charge in [-0.2, -0.15) is 0 Å².